The molecule has 2 nitrogen and oxygen atoms in total. The molecule has 0 radical (unpaired) electrons. The Hall–Kier alpha value is -0.660. The lowest BCUT2D eigenvalue weighted by molar-refractivity contribution is 0.134. The molecule has 1 rings (SSSR count). The molecule has 1 heterocycles. The van der Waals surface area contributed by atoms with Crippen molar-refractivity contribution >= 4 is 0 Å². The Morgan fingerprint density at radius 1 is 0.607 bits per heavy atom. The predicted octanol–water partition coefficient (Wildman–Crippen LogP) is 8.48. The van der Waals surface area contributed by atoms with Crippen molar-refractivity contribution in [3.63, 3.8) is 0 Å². The third-order valence-corrected chi connectivity index (χ3v) is 6.45. The Morgan fingerprint density at radius 2 is 1.00 bits per heavy atom. The molecule has 1 atom stereocenters. The summed E-state index contributed by atoms with van der Waals surface area (Å²) < 4.78 is 0. The van der Waals surface area contributed by atoms with E-state index in [0.717, 1.165) is 0 Å². The molecule has 0 aliphatic carbocycles. The predicted molar refractivity (Wildman–Crippen MR) is 126 cm³/mol. The van der Waals surface area contributed by atoms with Gasteiger partial charge in [-0.05, 0) is 26.7 Å². The van der Waals surface area contributed by atoms with Crippen LogP contribution in [0.15, 0.2) is 12.4 Å². The number of hydrogen-bond acceptors (Lipinski definition) is 2. The molecule has 0 fully saturated rings. The van der Waals surface area contributed by atoms with Crippen LogP contribution in [-0.4, -0.2) is 29.1 Å². The Bertz CT molecular complexity index is 363. The molecular formula is C26H52N2. The van der Waals surface area contributed by atoms with Gasteiger partial charge in [-0.1, -0.05) is 110 Å². The third-order valence-electron chi connectivity index (χ3n) is 6.45. The summed E-state index contributed by atoms with van der Waals surface area (Å²) in [4.78, 5) is 4.89. The van der Waals surface area contributed by atoms with Gasteiger partial charge in [0.25, 0.3) is 0 Å². The highest BCUT2D eigenvalue weighted by atomic mass is 15.4. The van der Waals surface area contributed by atoms with Crippen LogP contribution in [0.4, 0.5) is 0 Å². The van der Waals surface area contributed by atoms with Gasteiger partial charge in [0, 0.05) is 25.5 Å². The minimum atomic E-state index is 0.594. The summed E-state index contributed by atoms with van der Waals surface area (Å²) in [5.41, 5.74) is 0. The molecule has 0 aromatic rings. The van der Waals surface area contributed by atoms with Crippen LogP contribution in [0.1, 0.15) is 136 Å². The molecule has 0 aromatic heterocycles. The number of nitrogens with zero attached hydrogens (tertiary/aromatic N) is 2. The van der Waals surface area contributed by atoms with Crippen LogP contribution < -0.4 is 0 Å². The minimum Gasteiger partial charge on any atom is -0.359 e. The molecular weight excluding hydrogens is 340 g/mol. The maximum Gasteiger partial charge on any atom is 0.101 e. The van der Waals surface area contributed by atoms with E-state index in [1.807, 2.05) is 0 Å². The summed E-state index contributed by atoms with van der Waals surface area (Å²) in [6.07, 6.45) is 31.1. The van der Waals surface area contributed by atoms with Gasteiger partial charge in [0.2, 0.25) is 0 Å². The summed E-state index contributed by atoms with van der Waals surface area (Å²) >= 11 is 0. The fraction of sp³-hybridized carbons (Fsp3) is 0.923. The standard InChI is InChI=1S/C26H52N2/c1-5-6-7-8-9-10-11-12-13-14-15-16-17-18-19-20-21-22-26-27(4)23-24-28(26)25(2)3/h23-26H,5-22H2,1-4H3. The van der Waals surface area contributed by atoms with Gasteiger partial charge in [-0.2, -0.15) is 0 Å². The molecule has 1 unspecified atom stereocenters. The van der Waals surface area contributed by atoms with Gasteiger partial charge in [0.1, 0.15) is 6.17 Å². The van der Waals surface area contributed by atoms with Crippen LogP contribution in [0.25, 0.3) is 0 Å². The topological polar surface area (TPSA) is 6.48 Å². The first-order valence-corrected chi connectivity index (χ1v) is 12.8. The molecule has 0 aromatic carbocycles. The average molecular weight is 393 g/mol. The van der Waals surface area contributed by atoms with Crippen LogP contribution in [0.5, 0.6) is 0 Å². The normalized spacial score (nSPS) is 16.7. The fourth-order valence-electron chi connectivity index (χ4n) is 4.51. The molecule has 0 N–H and O–H groups in total. The molecule has 1 aliphatic heterocycles. The average Bonchev–Trinajstić information content (AvgIpc) is 3.05. The highest BCUT2D eigenvalue weighted by Crippen LogP contribution is 2.22. The highest BCUT2D eigenvalue weighted by molar-refractivity contribution is 4.96. The lowest BCUT2D eigenvalue weighted by Crippen LogP contribution is -2.40. The first kappa shape index (κ1) is 25.4. The molecule has 1 aliphatic rings. The smallest absolute Gasteiger partial charge is 0.101 e. The van der Waals surface area contributed by atoms with E-state index >= 15 is 0 Å². The zero-order valence-corrected chi connectivity index (χ0v) is 19.9. The summed E-state index contributed by atoms with van der Waals surface area (Å²) in [5, 5.41) is 0. The monoisotopic (exact) mass is 392 g/mol. The third kappa shape index (κ3) is 12.0. The van der Waals surface area contributed by atoms with Crippen LogP contribution in [-0.2, 0) is 0 Å². The van der Waals surface area contributed by atoms with E-state index in [9.17, 15) is 0 Å². The van der Waals surface area contributed by atoms with Crippen molar-refractivity contribution in [3.8, 4) is 0 Å². The Balaban J connectivity index is 1.79. The quantitative estimate of drug-likeness (QED) is 0.203. The Morgan fingerprint density at radius 3 is 1.39 bits per heavy atom. The number of rotatable bonds is 19. The highest BCUT2D eigenvalue weighted by Gasteiger charge is 2.24. The summed E-state index contributed by atoms with van der Waals surface area (Å²) in [5.74, 6) is 0. The van der Waals surface area contributed by atoms with E-state index < -0.39 is 0 Å². The molecule has 0 saturated carbocycles. The van der Waals surface area contributed by atoms with Crippen molar-refractivity contribution in [2.24, 2.45) is 0 Å². The van der Waals surface area contributed by atoms with Crippen molar-refractivity contribution in [1.29, 1.82) is 0 Å². The van der Waals surface area contributed by atoms with Crippen LogP contribution >= 0.6 is 0 Å². The minimum absolute atomic E-state index is 0.594. The SMILES string of the molecule is CCCCCCCCCCCCCCCCCCCC1N(C)C=CN1C(C)C. The van der Waals surface area contributed by atoms with Crippen LogP contribution in [0.2, 0.25) is 0 Å². The van der Waals surface area contributed by atoms with Crippen molar-refractivity contribution < 1.29 is 0 Å². The second kappa shape index (κ2) is 17.2. The van der Waals surface area contributed by atoms with Gasteiger partial charge in [0.05, 0.1) is 0 Å². The zero-order valence-electron chi connectivity index (χ0n) is 19.9. The van der Waals surface area contributed by atoms with E-state index in [1.165, 1.54) is 116 Å². The number of unbranched alkanes of at least 4 members (excludes halogenated alkanes) is 16. The Kier molecular flexibility index (Phi) is 15.6. The van der Waals surface area contributed by atoms with E-state index in [0.29, 0.717) is 12.2 Å². The molecule has 166 valence electrons. The van der Waals surface area contributed by atoms with E-state index in [2.05, 4.69) is 50.0 Å². The van der Waals surface area contributed by atoms with Crippen molar-refractivity contribution in [3.05, 3.63) is 12.4 Å². The van der Waals surface area contributed by atoms with Gasteiger partial charge in [-0.3, -0.25) is 0 Å². The van der Waals surface area contributed by atoms with Gasteiger partial charge < -0.3 is 9.80 Å². The first-order chi connectivity index (χ1) is 13.7. The second-order valence-electron chi connectivity index (χ2n) is 9.43. The number of hydrogen-bond donors (Lipinski definition) is 0. The molecule has 2 heteroatoms. The maximum atomic E-state index is 2.51. The second-order valence-corrected chi connectivity index (χ2v) is 9.43. The lowest BCUT2D eigenvalue weighted by Gasteiger charge is -2.33. The maximum absolute atomic E-state index is 2.51. The zero-order chi connectivity index (χ0) is 20.5. The van der Waals surface area contributed by atoms with Gasteiger partial charge in [-0.15, -0.1) is 0 Å². The Labute approximate surface area is 178 Å². The van der Waals surface area contributed by atoms with Crippen LogP contribution in [0.3, 0.4) is 0 Å². The van der Waals surface area contributed by atoms with Crippen molar-refractivity contribution in [2.75, 3.05) is 7.05 Å². The summed E-state index contributed by atoms with van der Waals surface area (Å²) in [7, 11) is 2.22. The molecule has 0 saturated heterocycles. The van der Waals surface area contributed by atoms with Crippen LogP contribution in [0, 0.1) is 0 Å². The summed E-state index contributed by atoms with van der Waals surface area (Å²) in [6.45, 7) is 6.89. The van der Waals surface area contributed by atoms with Crippen molar-refractivity contribution in [1.82, 2.24) is 9.80 Å². The lowest BCUT2D eigenvalue weighted by atomic mass is 10.0. The molecule has 28 heavy (non-hydrogen) atoms. The van der Waals surface area contributed by atoms with Crippen molar-refractivity contribution in [2.45, 2.75) is 149 Å². The molecule has 0 bridgehead atoms. The van der Waals surface area contributed by atoms with E-state index in [4.69, 9.17) is 0 Å². The first-order valence-electron chi connectivity index (χ1n) is 12.8. The van der Waals surface area contributed by atoms with E-state index in [1.54, 1.807) is 0 Å². The van der Waals surface area contributed by atoms with Gasteiger partial charge >= 0.3 is 0 Å². The van der Waals surface area contributed by atoms with Gasteiger partial charge in [-0.25, -0.2) is 0 Å². The largest absolute Gasteiger partial charge is 0.359 e. The van der Waals surface area contributed by atoms with E-state index in [-0.39, 0.29) is 0 Å². The fourth-order valence-corrected chi connectivity index (χ4v) is 4.51. The summed E-state index contributed by atoms with van der Waals surface area (Å²) in [6, 6.07) is 0.608. The molecule has 0 amide bonds. The molecule has 0 spiro atoms. The van der Waals surface area contributed by atoms with Gasteiger partial charge in [0.15, 0.2) is 0 Å².